The molecule has 1 aliphatic rings. The van der Waals surface area contributed by atoms with Gasteiger partial charge in [0.2, 0.25) is 0 Å². The molecule has 2 heterocycles. The molecule has 0 radical (unpaired) electrons. The molecule has 4 rings (SSSR count). The first-order valence-corrected chi connectivity index (χ1v) is 11.0. The highest BCUT2D eigenvalue weighted by molar-refractivity contribution is 6.31. The number of ether oxygens (including phenoxy) is 1. The third kappa shape index (κ3) is 6.06. The second-order valence-electron chi connectivity index (χ2n) is 7.75. The van der Waals surface area contributed by atoms with Gasteiger partial charge in [0.15, 0.2) is 12.4 Å². The van der Waals surface area contributed by atoms with Crippen LogP contribution in [0, 0.1) is 0 Å². The van der Waals surface area contributed by atoms with Crippen molar-refractivity contribution >= 4 is 40.5 Å². The van der Waals surface area contributed by atoms with Crippen molar-refractivity contribution in [1.82, 2.24) is 4.90 Å². The lowest BCUT2D eigenvalue weighted by Gasteiger charge is -2.35. The molecule has 3 aromatic rings. The third-order valence-electron chi connectivity index (χ3n) is 5.28. The number of nitrogens with zero attached hydrogens (tertiary/aromatic N) is 2. The van der Waals surface area contributed by atoms with Crippen LogP contribution in [0.15, 0.2) is 65.3 Å². The van der Waals surface area contributed by atoms with E-state index in [1.165, 1.54) is 6.26 Å². The number of amides is 2. The monoisotopic (exact) mass is 468 g/mol. The molecule has 0 saturated carbocycles. The molecule has 2 amide bonds. The van der Waals surface area contributed by atoms with E-state index in [0.717, 1.165) is 31.9 Å². The molecule has 172 valence electrons. The zero-order valence-electron chi connectivity index (χ0n) is 18.2. The fourth-order valence-corrected chi connectivity index (χ4v) is 3.70. The van der Waals surface area contributed by atoms with Gasteiger partial charge >= 0.3 is 0 Å². The van der Waals surface area contributed by atoms with E-state index < -0.39 is 0 Å². The molecule has 2 aromatic carbocycles. The molecule has 2 N–H and O–H groups in total. The molecule has 0 atom stereocenters. The SMILES string of the molecule is CN1CCN(c2ccc(Cl)cc2NC(=O)COc2cccc(NC(=O)c3ccco3)c2)CC1. The normalized spacial score (nSPS) is 14.1. The van der Waals surface area contributed by atoms with E-state index in [4.69, 9.17) is 20.8 Å². The zero-order valence-corrected chi connectivity index (χ0v) is 19.0. The second kappa shape index (κ2) is 10.4. The number of likely N-dealkylation sites (N-methyl/N-ethyl adjacent to an activating group) is 1. The van der Waals surface area contributed by atoms with Crippen molar-refractivity contribution < 1.29 is 18.7 Å². The predicted octanol–water partition coefficient (Wildman–Crippen LogP) is 3.95. The lowest BCUT2D eigenvalue weighted by molar-refractivity contribution is -0.118. The van der Waals surface area contributed by atoms with Crippen LogP contribution in [0.3, 0.4) is 0 Å². The van der Waals surface area contributed by atoms with Crippen molar-refractivity contribution in [2.24, 2.45) is 0 Å². The standard InChI is InChI=1S/C24H25ClN4O4/c1-28-9-11-29(12-10-28)21-8-7-17(25)14-20(21)27-23(30)16-33-19-5-2-4-18(15-19)26-24(31)22-6-3-13-32-22/h2-8,13-15H,9-12,16H2,1H3,(H,26,31)(H,27,30). The van der Waals surface area contributed by atoms with Crippen LogP contribution in [-0.2, 0) is 4.79 Å². The van der Waals surface area contributed by atoms with Crippen LogP contribution in [0.5, 0.6) is 5.75 Å². The Hall–Kier alpha value is -3.49. The van der Waals surface area contributed by atoms with Gasteiger partial charge in [0.05, 0.1) is 17.6 Å². The molecule has 9 heteroatoms. The first kappa shape index (κ1) is 22.7. The number of benzene rings is 2. The average molecular weight is 469 g/mol. The molecule has 0 spiro atoms. The number of halogens is 1. The molecule has 1 fully saturated rings. The Morgan fingerprint density at radius 2 is 1.85 bits per heavy atom. The summed E-state index contributed by atoms with van der Waals surface area (Å²) in [7, 11) is 2.09. The van der Waals surface area contributed by atoms with Gasteiger partial charge in [-0.15, -0.1) is 0 Å². The van der Waals surface area contributed by atoms with E-state index in [1.807, 2.05) is 12.1 Å². The van der Waals surface area contributed by atoms with Crippen molar-refractivity contribution in [1.29, 1.82) is 0 Å². The summed E-state index contributed by atoms with van der Waals surface area (Å²) < 4.78 is 10.7. The van der Waals surface area contributed by atoms with Crippen LogP contribution in [0.1, 0.15) is 10.6 Å². The Labute approximate surface area is 197 Å². The van der Waals surface area contributed by atoms with E-state index in [9.17, 15) is 9.59 Å². The maximum absolute atomic E-state index is 12.6. The van der Waals surface area contributed by atoms with Crippen molar-refractivity contribution in [2.45, 2.75) is 0 Å². The Morgan fingerprint density at radius 1 is 1.03 bits per heavy atom. The summed E-state index contributed by atoms with van der Waals surface area (Å²) in [5.41, 5.74) is 2.12. The third-order valence-corrected chi connectivity index (χ3v) is 5.52. The van der Waals surface area contributed by atoms with Crippen LogP contribution in [0.2, 0.25) is 5.02 Å². The van der Waals surface area contributed by atoms with Gasteiger partial charge in [-0.2, -0.15) is 0 Å². The molecule has 1 aliphatic heterocycles. The number of carbonyl (C=O) groups is 2. The van der Waals surface area contributed by atoms with Gasteiger partial charge in [0.25, 0.3) is 11.8 Å². The number of rotatable bonds is 7. The predicted molar refractivity (Wildman–Crippen MR) is 128 cm³/mol. The van der Waals surface area contributed by atoms with Crippen LogP contribution in [0.25, 0.3) is 0 Å². The Balaban J connectivity index is 1.36. The molecule has 1 saturated heterocycles. The molecular formula is C24H25ClN4O4. The quantitative estimate of drug-likeness (QED) is 0.546. The van der Waals surface area contributed by atoms with Crippen molar-refractivity contribution in [3.05, 3.63) is 71.6 Å². The molecule has 8 nitrogen and oxygen atoms in total. The van der Waals surface area contributed by atoms with Crippen LogP contribution < -0.4 is 20.3 Å². The van der Waals surface area contributed by atoms with E-state index >= 15 is 0 Å². The average Bonchev–Trinajstić information content (AvgIpc) is 3.34. The summed E-state index contributed by atoms with van der Waals surface area (Å²) in [6.45, 7) is 3.45. The topological polar surface area (TPSA) is 87.0 Å². The van der Waals surface area contributed by atoms with Gasteiger partial charge in [0.1, 0.15) is 5.75 Å². The minimum Gasteiger partial charge on any atom is -0.484 e. The Bertz CT molecular complexity index is 1110. The molecule has 33 heavy (non-hydrogen) atoms. The maximum Gasteiger partial charge on any atom is 0.291 e. The van der Waals surface area contributed by atoms with Gasteiger partial charge in [-0.25, -0.2) is 0 Å². The number of carbonyl (C=O) groups excluding carboxylic acids is 2. The molecule has 0 bridgehead atoms. The fourth-order valence-electron chi connectivity index (χ4n) is 3.53. The van der Waals surface area contributed by atoms with Crippen molar-refractivity contribution in [3.63, 3.8) is 0 Å². The first-order chi connectivity index (χ1) is 16.0. The van der Waals surface area contributed by atoms with Crippen molar-refractivity contribution in [2.75, 3.05) is 55.4 Å². The highest BCUT2D eigenvalue weighted by atomic mass is 35.5. The largest absolute Gasteiger partial charge is 0.484 e. The molecule has 0 unspecified atom stereocenters. The molecule has 1 aromatic heterocycles. The van der Waals surface area contributed by atoms with Gasteiger partial charge in [0, 0.05) is 43.0 Å². The summed E-state index contributed by atoms with van der Waals surface area (Å²) in [5.74, 6) is -0.0175. The van der Waals surface area contributed by atoms with Crippen LogP contribution in [0.4, 0.5) is 17.1 Å². The lowest BCUT2D eigenvalue weighted by Crippen LogP contribution is -2.44. The van der Waals surface area contributed by atoms with E-state index in [-0.39, 0.29) is 24.2 Å². The van der Waals surface area contributed by atoms with E-state index in [0.29, 0.717) is 22.1 Å². The number of anilines is 3. The number of piperazine rings is 1. The zero-order chi connectivity index (χ0) is 23.2. The van der Waals surface area contributed by atoms with Gasteiger partial charge in [-0.05, 0) is 49.5 Å². The number of hydrogen-bond donors (Lipinski definition) is 2. The number of hydrogen-bond acceptors (Lipinski definition) is 6. The summed E-state index contributed by atoms with van der Waals surface area (Å²) in [5, 5.41) is 6.18. The number of nitrogens with one attached hydrogen (secondary N) is 2. The summed E-state index contributed by atoms with van der Waals surface area (Å²) in [4.78, 5) is 29.3. The summed E-state index contributed by atoms with van der Waals surface area (Å²) >= 11 is 6.18. The van der Waals surface area contributed by atoms with Gasteiger partial charge in [-0.3, -0.25) is 9.59 Å². The minimum atomic E-state index is -0.368. The Kier molecular flexibility index (Phi) is 7.16. The smallest absolute Gasteiger partial charge is 0.291 e. The minimum absolute atomic E-state index is 0.190. The Morgan fingerprint density at radius 3 is 2.61 bits per heavy atom. The molecule has 0 aliphatic carbocycles. The lowest BCUT2D eigenvalue weighted by atomic mass is 10.2. The van der Waals surface area contributed by atoms with Gasteiger partial charge < -0.3 is 29.6 Å². The van der Waals surface area contributed by atoms with Gasteiger partial charge in [-0.1, -0.05) is 17.7 Å². The first-order valence-electron chi connectivity index (χ1n) is 10.6. The summed E-state index contributed by atoms with van der Waals surface area (Å²) in [6, 6.07) is 15.5. The highest BCUT2D eigenvalue weighted by Crippen LogP contribution is 2.30. The second-order valence-corrected chi connectivity index (χ2v) is 8.18. The van der Waals surface area contributed by atoms with E-state index in [2.05, 4.69) is 27.5 Å². The number of furan rings is 1. The maximum atomic E-state index is 12.6. The van der Waals surface area contributed by atoms with Crippen LogP contribution >= 0.6 is 11.6 Å². The van der Waals surface area contributed by atoms with Crippen LogP contribution in [-0.4, -0.2) is 56.5 Å². The highest BCUT2D eigenvalue weighted by Gasteiger charge is 2.18. The summed E-state index contributed by atoms with van der Waals surface area (Å²) in [6.07, 6.45) is 1.43. The fraction of sp³-hybridized carbons (Fsp3) is 0.250. The molecular weight excluding hydrogens is 444 g/mol. The van der Waals surface area contributed by atoms with Crippen molar-refractivity contribution in [3.8, 4) is 5.75 Å². The van der Waals surface area contributed by atoms with E-state index in [1.54, 1.807) is 42.5 Å².